The van der Waals surface area contributed by atoms with Crippen molar-refractivity contribution >= 4 is 10.0 Å². The molecular weight excluding hydrogens is 140 g/mol. The maximum absolute atomic E-state index is 11.1. The highest BCUT2D eigenvalue weighted by Gasteiger charge is 2.24. The third-order valence-electron chi connectivity index (χ3n) is 0.615. The van der Waals surface area contributed by atoms with E-state index in [1.165, 1.54) is 0 Å². The van der Waals surface area contributed by atoms with Gasteiger partial charge in [-0.3, -0.25) is 0 Å². The number of rotatable bonds is 2. The number of hydrogen-bond donors (Lipinski definition) is 1. The van der Waals surface area contributed by atoms with Gasteiger partial charge in [-0.15, -0.1) is 0 Å². The Labute approximate surface area is 45.8 Å². The fraction of sp³-hybridized carbons (Fsp3) is 1.00. The topological polar surface area (TPSA) is 38.6 Å². The fourth-order valence-electron chi connectivity index (χ4n) is 0.109. The minimum Gasteiger partial charge on any atom is -0.166 e. The van der Waals surface area contributed by atoms with E-state index < -0.39 is 20.5 Å². The summed E-state index contributed by atoms with van der Waals surface area (Å²) < 4.78 is 39.6. The molecule has 0 amide bonds. The van der Waals surface area contributed by atoms with E-state index in [-0.39, 0.29) is 0 Å². The summed E-state index contributed by atoms with van der Waals surface area (Å²) in [5.41, 5.74) is 0. The summed E-state index contributed by atoms with van der Waals surface area (Å²) in [5, 5.41) is 0. The molecule has 0 saturated carbocycles. The second-order valence-corrected chi connectivity index (χ2v) is 3.24. The fourth-order valence-corrected chi connectivity index (χ4v) is 0.327. The summed E-state index contributed by atoms with van der Waals surface area (Å²) >= 11 is 0. The average Bonchev–Trinajstić information content (AvgIpc) is 1.67. The first-order valence-corrected chi connectivity index (χ1v) is 3.56. The molecule has 8 heavy (non-hydrogen) atoms. The molecule has 0 aliphatic carbocycles. The molecule has 0 rings (SSSR count). The van der Waals surface area contributed by atoms with Crippen molar-refractivity contribution in [2.45, 2.75) is 6.92 Å². The van der Waals surface area contributed by atoms with E-state index in [0.717, 1.165) is 6.92 Å². The molecule has 50 valence electrons. The summed E-state index contributed by atoms with van der Waals surface area (Å²) in [5.74, 6) is -0.532. The standard InChI is InChI=1S/C2H5F2NO2S/c1-2-8(6,7)5(3)4/h2H2,1H3/p+1. The zero-order chi connectivity index (χ0) is 6.78. The van der Waals surface area contributed by atoms with Crippen LogP contribution in [0.4, 0.5) is 8.96 Å². The van der Waals surface area contributed by atoms with Gasteiger partial charge in [0.2, 0.25) is 0 Å². The minimum atomic E-state index is -4.15. The predicted octanol–water partition coefficient (Wildman–Crippen LogP) is -1.01. The molecule has 0 aromatic heterocycles. The summed E-state index contributed by atoms with van der Waals surface area (Å²) in [4.78, 5) is 0. The Morgan fingerprint density at radius 3 is 1.88 bits per heavy atom. The summed E-state index contributed by atoms with van der Waals surface area (Å²) in [6.45, 7) is 1.16. The van der Waals surface area contributed by atoms with E-state index in [1.807, 2.05) is 0 Å². The second-order valence-electron chi connectivity index (χ2n) is 1.13. The van der Waals surface area contributed by atoms with Gasteiger partial charge in [0, 0.05) is 0 Å². The van der Waals surface area contributed by atoms with Gasteiger partial charge in [-0.05, 0) is 6.92 Å². The van der Waals surface area contributed by atoms with Crippen LogP contribution in [0.1, 0.15) is 6.92 Å². The normalized spacial score (nSPS) is 12.5. The Morgan fingerprint density at radius 1 is 1.50 bits per heavy atom. The van der Waals surface area contributed by atoms with Crippen LogP contribution in [0.15, 0.2) is 0 Å². The van der Waals surface area contributed by atoms with Crippen molar-refractivity contribution in [2.75, 3.05) is 5.75 Å². The van der Waals surface area contributed by atoms with E-state index in [9.17, 15) is 17.4 Å². The van der Waals surface area contributed by atoms with Crippen LogP contribution in [0.25, 0.3) is 0 Å². The molecule has 0 aromatic carbocycles. The van der Waals surface area contributed by atoms with Crippen molar-refractivity contribution in [3.8, 4) is 0 Å². The van der Waals surface area contributed by atoms with Crippen LogP contribution in [0.3, 0.4) is 0 Å². The molecule has 0 aromatic rings. The van der Waals surface area contributed by atoms with Crippen molar-refractivity contribution < 1.29 is 22.1 Å². The Kier molecular flexibility index (Phi) is 2.29. The van der Waals surface area contributed by atoms with Crippen molar-refractivity contribution in [3.05, 3.63) is 0 Å². The van der Waals surface area contributed by atoms with Gasteiger partial charge < -0.3 is 0 Å². The highest BCUT2D eigenvalue weighted by atomic mass is 32.2. The maximum atomic E-state index is 11.1. The Balaban J connectivity index is 4.17. The number of sulfonamides is 1. The summed E-state index contributed by atoms with van der Waals surface area (Å²) in [6, 6.07) is 0. The van der Waals surface area contributed by atoms with Crippen LogP contribution >= 0.6 is 0 Å². The predicted molar refractivity (Wildman–Crippen MR) is 22.6 cm³/mol. The van der Waals surface area contributed by atoms with Crippen LogP contribution in [-0.4, -0.2) is 14.2 Å². The highest BCUT2D eigenvalue weighted by Crippen LogP contribution is 1.73. The van der Waals surface area contributed by atoms with E-state index >= 15 is 0 Å². The van der Waals surface area contributed by atoms with Gasteiger partial charge in [0.05, 0.1) is 8.96 Å². The lowest BCUT2D eigenvalue weighted by Crippen LogP contribution is -2.99. The Hall–Kier alpha value is -0.230. The molecule has 0 heterocycles. The molecule has 0 radical (unpaired) electrons. The van der Waals surface area contributed by atoms with Gasteiger partial charge in [-0.2, -0.15) is 8.42 Å². The summed E-state index contributed by atoms with van der Waals surface area (Å²) in [7, 11) is -4.15. The molecule has 0 unspecified atom stereocenters. The largest absolute Gasteiger partial charge is 0.367 e. The van der Waals surface area contributed by atoms with Gasteiger partial charge >= 0.3 is 10.0 Å². The summed E-state index contributed by atoms with van der Waals surface area (Å²) in [6.07, 6.45) is 0. The van der Waals surface area contributed by atoms with Crippen molar-refractivity contribution in [3.63, 3.8) is 0 Å². The lowest BCUT2D eigenvalue weighted by atomic mass is 11.0. The van der Waals surface area contributed by atoms with Gasteiger partial charge in [0.15, 0.2) is 0 Å². The minimum absolute atomic E-state index is 0.532. The van der Waals surface area contributed by atoms with Gasteiger partial charge in [0.25, 0.3) is 0 Å². The van der Waals surface area contributed by atoms with Gasteiger partial charge in [0.1, 0.15) is 10.5 Å². The molecule has 0 saturated heterocycles. The molecule has 3 nitrogen and oxygen atoms in total. The van der Waals surface area contributed by atoms with Crippen molar-refractivity contribution in [2.24, 2.45) is 0 Å². The lowest BCUT2D eigenvalue weighted by Gasteiger charge is -1.89. The van der Waals surface area contributed by atoms with Gasteiger partial charge in [-0.25, -0.2) is 0 Å². The zero-order valence-electron chi connectivity index (χ0n) is 4.19. The van der Waals surface area contributed by atoms with Crippen molar-refractivity contribution in [1.82, 2.24) is 0 Å². The Bertz CT molecular complexity index is 151. The number of hydrogen-bond acceptors (Lipinski definition) is 2. The second kappa shape index (κ2) is 2.36. The van der Waals surface area contributed by atoms with Gasteiger partial charge in [-0.1, -0.05) is 0 Å². The molecule has 0 aliphatic heterocycles. The van der Waals surface area contributed by atoms with Crippen LogP contribution in [0, 0.1) is 0 Å². The number of halogens is 2. The molecule has 0 atom stereocenters. The van der Waals surface area contributed by atoms with E-state index in [0.29, 0.717) is 0 Å². The third-order valence-corrected chi connectivity index (χ3v) is 1.85. The third kappa shape index (κ3) is 1.71. The van der Waals surface area contributed by atoms with Crippen LogP contribution < -0.4 is 4.75 Å². The first-order chi connectivity index (χ1) is 3.50. The van der Waals surface area contributed by atoms with Crippen LogP contribution in [-0.2, 0) is 10.0 Å². The first-order valence-electron chi connectivity index (χ1n) is 1.91. The zero-order valence-corrected chi connectivity index (χ0v) is 5.00. The average molecular weight is 146 g/mol. The van der Waals surface area contributed by atoms with Crippen molar-refractivity contribution in [1.29, 1.82) is 0 Å². The smallest absolute Gasteiger partial charge is 0.166 e. The van der Waals surface area contributed by atoms with Crippen LogP contribution in [0.2, 0.25) is 0 Å². The SMILES string of the molecule is CCS(=O)(=O)[NH+](F)F. The van der Waals surface area contributed by atoms with E-state index in [4.69, 9.17) is 0 Å². The first kappa shape index (κ1) is 7.77. The van der Waals surface area contributed by atoms with E-state index in [1.54, 1.807) is 0 Å². The highest BCUT2D eigenvalue weighted by molar-refractivity contribution is 7.84. The molecule has 0 aliphatic rings. The van der Waals surface area contributed by atoms with Crippen LogP contribution in [0.5, 0.6) is 0 Å². The monoisotopic (exact) mass is 146 g/mol. The molecule has 1 N–H and O–H groups in total. The molecule has 0 spiro atoms. The number of nitrogens with one attached hydrogen (secondary N) is 1. The number of quaternary nitrogens is 1. The quantitative estimate of drug-likeness (QED) is 0.507. The molecule has 0 fully saturated rings. The lowest BCUT2D eigenvalue weighted by molar-refractivity contribution is -1.06. The maximum Gasteiger partial charge on any atom is 0.367 e. The molecular formula is C2H6F2NO2S+. The van der Waals surface area contributed by atoms with E-state index in [2.05, 4.69) is 0 Å². The molecule has 0 bridgehead atoms. The molecule has 6 heteroatoms. The Morgan fingerprint density at radius 2 is 1.88 bits per heavy atom.